The fourth-order valence-electron chi connectivity index (χ4n) is 4.67. The number of rotatable bonds is 1. The van der Waals surface area contributed by atoms with Crippen molar-refractivity contribution < 1.29 is 9.84 Å². The molecule has 0 spiro atoms. The highest BCUT2D eigenvalue weighted by Crippen LogP contribution is 2.53. The van der Waals surface area contributed by atoms with Gasteiger partial charge in [0.15, 0.2) is 0 Å². The summed E-state index contributed by atoms with van der Waals surface area (Å²) in [6.07, 6.45) is 3.36. The fraction of sp³-hybridized carbons (Fsp3) is 0.588. The lowest BCUT2D eigenvalue weighted by molar-refractivity contribution is -0.0511. The van der Waals surface area contributed by atoms with Gasteiger partial charge in [-0.15, -0.1) is 0 Å². The van der Waals surface area contributed by atoms with Crippen molar-refractivity contribution in [1.82, 2.24) is 4.90 Å². The standard InChI is InChI=1S/C17H20N2O2/c18-12-16(8-11-21-14-5-2-1-4-13(14)16)17(20)7-10-19-9-3-6-15(17)19/h1-2,4-5,15,20H,3,6-11H2. The molecule has 0 aliphatic carbocycles. The number of fused-ring (bicyclic) bond motifs is 2. The van der Waals surface area contributed by atoms with Crippen LogP contribution in [0.15, 0.2) is 24.3 Å². The van der Waals surface area contributed by atoms with Crippen LogP contribution in [0.2, 0.25) is 0 Å². The summed E-state index contributed by atoms with van der Waals surface area (Å²) >= 11 is 0. The number of aliphatic hydroxyl groups is 1. The van der Waals surface area contributed by atoms with Gasteiger partial charge in [0, 0.05) is 24.6 Å². The van der Waals surface area contributed by atoms with Crippen molar-refractivity contribution in [3.63, 3.8) is 0 Å². The first-order chi connectivity index (χ1) is 10.2. The molecule has 3 atom stereocenters. The summed E-state index contributed by atoms with van der Waals surface area (Å²) in [6.45, 7) is 2.44. The maximum absolute atomic E-state index is 11.6. The number of hydrogen-bond donors (Lipinski definition) is 1. The zero-order valence-electron chi connectivity index (χ0n) is 12.1. The van der Waals surface area contributed by atoms with Gasteiger partial charge in [-0.2, -0.15) is 5.26 Å². The number of nitrogens with zero attached hydrogens (tertiary/aromatic N) is 2. The summed E-state index contributed by atoms with van der Waals surface area (Å²) in [7, 11) is 0. The summed E-state index contributed by atoms with van der Waals surface area (Å²) in [5.74, 6) is 0.759. The molecule has 1 aromatic carbocycles. The zero-order valence-corrected chi connectivity index (χ0v) is 12.1. The third kappa shape index (κ3) is 1.56. The topological polar surface area (TPSA) is 56.5 Å². The maximum atomic E-state index is 11.6. The Morgan fingerprint density at radius 1 is 1.29 bits per heavy atom. The van der Waals surface area contributed by atoms with Crippen molar-refractivity contribution >= 4 is 0 Å². The first-order valence-electron chi connectivity index (χ1n) is 7.81. The molecule has 4 heteroatoms. The molecule has 4 rings (SSSR count). The van der Waals surface area contributed by atoms with Crippen molar-refractivity contribution in [2.45, 2.75) is 42.7 Å². The minimum Gasteiger partial charge on any atom is -0.493 e. The van der Waals surface area contributed by atoms with E-state index in [2.05, 4.69) is 11.0 Å². The monoisotopic (exact) mass is 284 g/mol. The lowest BCUT2D eigenvalue weighted by atomic mass is 9.62. The largest absolute Gasteiger partial charge is 0.493 e. The van der Waals surface area contributed by atoms with Crippen LogP contribution >= 0.6 is 0 Å². The van der Waals surface area contributed by atoms with Crippen LogP contribution in [0, 0.1) is 11.3 Å². The summed E-state index contributed by atoms with van der Waals surface area (Å²) in [5, 5.41) is 21.6. The molecule has 21 heavy (non-hydrogen) atoms. The van der Waals surface area contributed by atoms with Gasteiger partial charge < -0.3 is 9.84 Å². The van der Waals surface area contributed by atoms with E-state index in [0.717, 1.165) is 37.2 Å². The smallest absolute Gasteiger partial charge is 0.124 e. The molecule has 110 valence electrons. The molecular weight excluding hydrogens is 264 g/mol. The van der Waals surface area contributed by atoms with Gasteiger partial charge in [-0.25, -0.2) is 0 Å². The van der Waals surface area contributed by atoms with Crippen molar-refractivity contribution in [2.24, 2.45) is 0 Å². The second-order valence-electron chi connectivity index (χ2n) is 6.48. The highest BCUT2D eigenvalue weighted by Gasteiger charge is 2.62. The van der Waals surface area contributed by atoms with Crippen LogP contribution in [-0.4, -0.2) is 41.3 Å². The Labute approximate surface area is 124 Å². The van der Waals surface area contributed by atoms with Gasteiger partial charge in [0.1, 0.15) is 16.8 Å². The predicted octanol–water partition coefficient (Wildman–Crippen LogP) is 1.83. The molecule has 0 radical (unpaired) electrons. The summed E-state index contributed by atoms with van der Waals surface area (Å²) in [4.78, 5) is 2.36. The lowest BCUT2D eigenvalue weighted by Gasteiger charge is -2.46. The minimum absolute atomic E-state index is 0.114. The van der Waals surface area contributed by atoms with E-state index in [0.29, 0.717) is 19.4 Å². The fourth-order valence-corrected chi connectivity index (χ4v) is 4.67. The van der Waals surface area contributed by atoms with Gasteiger partial charge in [0.05, 0.1) is 12.7 Å². The Morgan fingerprint density at radius 3 is 3.00 bits per heavy atom. The van der Waals surface area contributed by atoms with Crippen LogP contribution in [0.3, 0.4) is 0 Å². The van der Waals surface area contributed by atoms with Crippen LogP contribution in [-0.2, 0) is 5.41 Å². The quantitative estimate of drug-likeness (QED) is 0.855. The van der Waals surface area contributed by atoms with Crippen molar-refractivity contribution in [1.29, 1.82) is 5.26 Å². The highest BCUT2D eigenvalue weighted by atomic mass is 16.5. The number of nitriles is 1. The first kappa shape index (κ1) is 13.1. The second-order valence-corrected chi connectivity index (χ2v) is 6.48. The Hall–Kier alpha value is -1.57. The summed E-state index contributed by atoms with van der Waals surface area (Å²) in [5.41, 5.74) is -0.931. The molecule has 2 saturated heterocycles. The number of hydrogen-bond acceptors (Lipinski definition) is 4. The SMILES string of the molecule is N#CC1(C2(O)CCN3CCCC32)CCOc2ccccc21. The summed E-state index contributed by atoms with van der Waals surface area (Å²) in [6, 6.07) is 10.3. The van der Waals surface area contributed by atoms with Crippen LogP contribution in [0.1, 0.15) is 31.2 Å². The Bertz CT molecular complexity index is 611. The molecule has 3 aliphatic rings. The third-order valence-electron chi connectivity index (χ3n) is 5.71. The van der Waals surface area contributed by atoms with Crippen molar-refractivity contribution in [2.75, 3.05) is 19.7 Å². The molecule has 0 aromatic heterocycles. The van der Waals surface area contributed by atoms with E-state index in [9.17, 15) is 10.4 Å². The van der Waals surface area contributed by atoms with Gasteiger partial charge in [0.2, 0.25) is 0 Å². The third-order valence-corrected chi connectivity index (χ3v) is 5.71. The van der Waals surface area contributed by atoms with Crippen molar-refractivity contribution in [3.8, 4) is 11.8 Å². The van der Waals surface area contributed by atoms with Gasteiger partial charge in [-0.05, 0) is 31.9 Å². The molecule has 0 bridgehead atoms. The van der Waals surface area contributed by atoms with E-state index >= 15 is 0 Å². The van der Waals surface area contributed by atoms with Gasteiger partial charge in [0.25, 0.3) is 0 Å². The zero-order chi connectivity index (χ0) is 14.5. The number of para-hydroxylation sites is 1. The second kappa shape index (κ2) is 4.46. The van der Waals surface area contributed by atoms with E-state index in [-0.39, 0.29) is 6.04 Å². The average molecular weight is 284 g/mol. The number of benzene rings is 1. The molecule has 3 aliphatic heterocycles. The minimum atomic E-state index is -0.960. The normalized spacial score (nSPS) is 38.4. The molecule has 1 N–H and O–H groups in total. The number of ether oxygens (including phenoxy) is 1. The van der Waals surface area contributed by atoms with E-state index in [4.69, 9.17) is 4.74 Å². The molecule has 1 aromatic rings. The predicted molar refractivity (Wildman–Crippen MR) is 78.0 cm³/mol. The van der Waals surface area contributed by atoms with Gasteiger partial charge in [-0.1, -0.05) is 18.2 Å². The Kier molecular flexibility index (Phi) is 2.79. The van der Waals surface area contributed by atoms with Crippen LogP contribution in [0.25, 0.3) is 0 Å². The van der Waals surface area contributed by atoms with Crippen LogP contribution < -0.4 is 4.74 Å². The average Bonchev–Trinajstić information content (AvgIpc) is 3.11. The molecule has 0 saturated carbocycles. The van der Waals surface area contributed by atoms with Gasteiger partial charge in [-0.3, -0.25) is 4.90 Å². The highest BCUT2D eigenvalue weighted by molar-refractivity contribution is 5.49. The van der Waals surface area contributed by atoms with Gasteiger partial charge >= 0.3 is 0 Å². The molecular formula is C17H20N2O2. The maximum Gasteiger partial charge on any atom is 0.124 e. The summed E-state index contributed by atoms with van der Waals surface area (Å²) < 4.78 is 5.72. The molecule has 3 unspecified atom stereocenters. The molecule has 3 heterocycles. The van der Waals surface area contributed by atoms with Crippen molar-refractivity contribution in [3.05, 3.63) is 29.8 Å². The lowest BCUT2D eigenvalue weighted by Crippen LogP contribution is -2.58. The van der Waals surface area contributed by atoms with E-state index < -0.39 is 11.0 Å². The van der Waals surface area contributed by atoms with Crippen LogP contribution in [0.5, 0.6) is 5.75 Å². The van der Waals surface area contributed by atoms with E-state index in [1.54, 1.807) is 0 Å². The Morgan fingerprint density at radius 2 is 2.14 bits per heavy atom. The Balaban J connectivity index is 1.87. The van der Waals surface area contributed by atoms with Crippen LogP contribution in [0.4, 0.5) is 0 Å². The van der Waals surface area contributed by atoms with E-state index in [1.807, 2.05) is 24.3 Å². The molecule has 0 amide bonds. The van der Waals surface area contributed by atoms with E-state index in [1.165, 1.54) is 0 Å². The first-order valence-corrected chi connectivity index (χ1v) is 7.81. The molecule has 4 nitrogen and oxygen atoms in total. The molecule has 2 fully saturated rings.